The van der Waals surface area contributed by atoms with E-state index in [2.05, 4.69) is 23.7 Å². The Hall–Kier alpha value is -1.36. The maximum absolute atomic E-state index is 13.8. The minimum Gasteiger partial charge on any atom is -0.369 e. The molecule has 1 aliphatic heterocycles. The highest BCUT2D eigenvalue weighted by Crippen LogP contribution is 2.35. The fraction of sp³-hybridized carbons (Fsp3) is 0.400. The molecule has 0 atom stereocenters. The molecule has 0 N–H and O–H groups in total. The second kappa shape index (κ2) is 4.88. The summed E-state index contributed by atoms with van der Waals surface area (Å²) in [6, 6.07) is 4.10. The molecule has 106 valence electrons. The van der Waals surface area contributed by atoms with Crippen molar-refractivity contribution in [1.82, 2.24) is 4.98 Å². The molecule has 20 heavy (non-hydrogen) atoms. The van der Waals surface area contributed by atoms with E-state index < -0.39 is 11.6 Å². The molecule has 3 rings (SSSR count). The van der Waals surface area contributed by atoms with E-state index in [0.717, 1.165) is 30.6 Å². The Morgan fingerprint density at radius 3 is 2.85 bits per heavy atom. The van der Waals surface area contributed by atoms with E-state index in [4.69, 9.17) is 0 Å². The Labute approximate surface area is 121 Å². The zero-order valence-electron chi connectivity index (χ0n) is 11.5. The Morgan fingerprint density at radius 2 is 2.10 bits per heavy atom. The summed E-state index contributed by atoms with van der Waals surface area (Å²) in [7, 11) is 0. The highest BCUT2D eigenvalue weighted by molar-refractivity contribution is 8.00. The van der Waals surface area contributed by atoms with Gasteiger partial charge in [0.2, 0.25) is 0 Å². The Bertz CT molecular complexity index is 658. The lowest BCUT2D eigenvalue weighted by Gasteiger charge is -2.39. The van der Waals surface area contributed by atoms with Gasteiger partial charge in [-0.3, -0.25) is 4.98 Å². The largest absolute Gasteiger partial charge is 0.369 e. The van der Waals surface area contributed by atoms with Crippen molar-refractivity contribution in [2.24, 2.45) is 0 Å². The number of thioether (sulfide) groups is 1. The van der Waals surface area contributed by atoms with E-state index >= 15 is 0 Å². The zero-order valence-corrected chi connectivity index (χ0v) is 12.3. The van der Waals surface area contributed by atoms with Crippen molar-refractivity contribution in [3.05, 3.63) is 36.0 Å². The predicted octanol–water partition coefficient (Wildman–Crippen LogP) is 3.84. The zero-order chi connectivity index (χ0) is 14.3. The Morgan fingerprint density at radius 1 is 1.30 bits per heavy atom. The van der Waals surface area contributed by atoms with Crippen molar-refractivity contribution in [3.8, 4) is 0 Å². The predicted molar refractivity (Wildman–Crippen MR) is 80.4 cm³/mol. The summed E-state index contributed by atoms with van der Waals surface area (Å²) in [5, 5.41) is 0.549. The molecule has 2 heterocycles. The third-order valence-corrected chi connectivity index (χ3v) is 4.80. The number of anilines is 1. The number of nitrogens with zero attached hydrogens (tertiary/aromatic N) is 2. The van der Waals surface area contributed by atoms with Crippen LogP contribution in [0, 0.1) is 11.6 Å². The van der Waals surface area contributed by atoms with E-state index in [9.17, 15) is 8.78 Å². The third-order valence-electron chi connectivity index (χ3n) is 3.51. The molecule has 1 saturated heterocycles. The second-order valence-electron chi connectivity index (χ2n) is 5.64. The molecule has 0 aliphatic carbocycles. The summed E-state index contributed by atoms with van der Waals surface area (Å²) >= 11 is 1.93. The number of aromatic nitrogens is 1. The first-order chi connectivity index (χ1) is 9.46. The number of pyridine rings is 1. The molecule has 2 nitrogen and oxygen atoms in total. The molecule has 0 saturated carbocycles. The molecule has 0 spiro atoms. The average molecular weight is 294 g/mol. The molecule has 0 unspecified atom stereocenters. The topological polar surface area (TPSA) is 16.1 Å². The van der Waals surface area contributed by atoms with Gasteiger partial charge in [-0.1, -0.05) is 0 Å². The number of hydrogen-bond donors (Lipinski definition) is 0. The van der Waals surface area contributed by atoms with Gasteiger partial charge < -0.3 is 4.90 Å². The fourth-order valence-corrected chi connectivity index (χ4v) is 3.77. The minimum absolute atomic E-state index is 0.139. The molecule has 0 bridgehead atoms. The Balaban J connectivity index is 2.12. The van der Waals surface area contributed by atoms with Gasteiger partial charge in [-0.25, -0.2) is 8.78 Å². The van der Waals surface area contributed by atoms with E-state index in [1.54, 1.807) is 6.20 Å². The normalized spacial score (nSPS) is 18.5. The molecule has 0 amide bonds. The van der Waals surface area contributed by atoms with Crippen LogP contribution in [-0.4, -0.2) is 28.6 Å². The molecular weight excluding hydrogens is 278 g/mol. The monoisotopic (exact) mass is 294 g/mol. The quantitative estimate of drug-likeness (QED) is 0.795. The minimum atomic E-state index is -0.604. The van der Waals surface area contributed by atoms with Crippen LogP contribution >= 0.6 is 11.8 Å². The van der Waals surface area contributed by atoms with Gasteiger partial charge in [0.25, 0.3) is 0 Å². The third kappa shape index (κ3) is 2.46. The van der Waals surface area contributed by atoms with Gasteiger partial charge in [0, 0.05) is 46.9 Å². The molecule has 1 aromatic heterocycles. The summed E-state index contributed by atoms with van der Waals surface area (Å²) in [4.78, 5) is 6.23. The van der Waals surface area contributed by atoms with Crippen LogP contribution in [0.2, 0.25) is 0 Å². The van der Waals surface area contributed by atoms with Crippen molar-refractivity contribution in [2.45, 2.75) is 18.6 Å². The second-order valence-corrected chi connectivity index (χ2v) is 7.45. The van der Waals surface area contributed by atoms with Crippen molar-refractivity contribution in [3.63, 3.8) is 0 Å². The standard InChI is InChI=1S/C15H16F2N2S/c1-15(2)9-19(5-6-20-15)13-3-4-18-14-11(13)7-10(16)8-12(14)17/h3-4,7-8H,5-6,9H2,1-2H3. The number of fused-ring (bicyclic) bond motifs is 1. The molecular formula is C15H16F2N2S. The lowest BCUT2D eigenvalue weighted by Crippen LogP contribution is -2.43. The van der Waals surface area contributed by atoms with Crippen LogP contribution in [0.3, 0.4) is 0 Å². The van der Waals surface area contributed by atoms with Crippen molar-refractivity contribution < 1.29 is 8.78 Å². The van der Waals surface area contributed by atoms with Crippen LogP contribution in [0.4, 0.5) is 14.5 Å². The van der Waals surface area contributed by atoms with Gasteiger partial charge >= 0.3 is 0 Å². The summed E-state index contributed by atoms with van der Waals surface area (Å²) < 4.78 is 27.5. The molecule has 1 aromatic carbocycles. The van der Waals surface area contributed by atoms with Gasteiger partial charge in [-0.15, -0.1) is 0 Å². The first kappa shape index (κ1) is 13.6. The molecule has 1 aliphatic rings. The van der Waals surface area contributed by atoms with Crippen LogP contribution in [-0.2, 0) is 0 Å². The fourth-order valence-electron chi connectivity index (χ4n) is 2.66. The number of benzene rings is 1. The van der Waals surface area contributed by atoms with Gasteiger partial charge in [0.05, 0.1) is 0 Å². The summed E-state index contributed by atoms with van der Waals surface area (Å²) in [5.41, 5.74) is 1.10. The Kier molecular flexibility index (Phi) is 3.32. The lowest BCUT2D eigenvalue weighted by molar-refractivity contribution is 0.590. The van der Waals surface area contributed by atoms with Crippen molar-refractivity contribution in [1.29, 1.82) is 0 Å². The van der Waals surface area contributed by atoms with Crippen LogP contribution in [0.5, 0.6) is 0 Å². The van der Waals surface area contributed by atoms with Crippen molar-refractivity contribution >= 4 is 28.4 Å². The van der Waals surface area contributed by atoms with E-state index in [-0.39, 0.29) is 10.3 Å². The van der Waals surface area contributed by atoms with Crippen LogP contribution in [0.1, 0.15) is 13.8 Å². The SMILES string of the molecule is CC1(C)CN(c2ccnc3c(F)cc(F)cc23)CCS1. The van der Waals surface area contributed by atoms with Crippen LogP contribution in [0.15, 0.2) is 24.4 Å². The van der Waals surface area contributed by atoms with Gasteiger partial charge in [-0.05, 0) is 26.0 Å². The summed E-state index contributed by atoms with van der Waals surface area (Å²) in [6.07, 6.45) is 1.59. The number of hydrogen-bond acceptors (Lipinski definition) is 3. The first-order valence-electron chi connectivity index (χ1n) is 6.59. The first-order valence-corrected chi connectivity index (χ1v) is 7.57. The lowest BCUT2D eigenvalue weighted by atomic mass is 10.1. The van der Waals surface area contributed by atoms with E-state index in [1.165, 1.54) is 6.07 Å². The smallest absolute Gasteiger partial charge is 0.152 e. The highest BCUT2D eigenvalue weighted by atomic mass is 32.2. The van der Waals surface area contributed by atoms with Gasteiger partial charge in [0.1, 0.15) is 11.3 Å². The number of halogens is 2. The van der Waals surface area contributed by atoms with E-state index in [1.807, 2.05) is 17.8 Å². The van der Waals surface area contributed by atoms with Crippen molar-refractivity contribution in [2.75, 3.05) is 23.7 Å². The highest BCUT2D eigenvalue weighted by Gasteiger charge is 2.28. The van der Waals surface area contributed by atoms with Gasteiger partial charge in [0.15, 0.2) is 5.82 Å². The molecule has 5 heteroatoms. The van der Waals surface area contributed by atoms with Crippen LogP contribution in [0.25, 0.3) is 10.9 Å². The number of rotatable bonds is 1. The van der Waals surface area contributed by atoms with Crippen LogP contribution < -0.4 is 4.90 Å². The maximum Gasteiger partial charge on any atom is 0.152 e. The molecule has 1 fully saturated rings. The maximum atomic E-state index is 13.8. The summed E-state index contributed by atoms with van der Waals surface area (Å²) in [5.74, 6) is -0.156. The van der Waals surface area contributed by atoms with Gasteiger partial charge in [-0.2, -0.15) is 11.8 Å². The molecule has 2 aromatic rings. The van der Waals surface area contributed by atoms with E-state index in [0.29, 0.717) is 5.39 Å². The summed E-state index contributed by atoms with van der Waals surface area (Å²) in [6.45, 7) is 6.11. The average Bonchev–Trinajstić information content (AvgIpc) is 2.36. The molecule has 0 radical (unpaired) electrons.